The summed E-state index contributed by atoms with van der Waals surface area (Å²) in [6.07, 6.45) is 0. The van der Waals surface area contributed by atoms with Gasteiger partial charge in [0.25, 0.3) is 0 Å². The first-order chi connectivity index (χ1) is 2.91. The Morgan fingerprint density at radius 1 is 1.50 bits per heavy atom. The van der Waals surface area contributed by atoms with Crippen LogP contribution in [0.1, 0.15) is 0 Å². The Balaban J connectivity index is 0. The van der Waals surface area contributed by atoms with E-state index in [0.29, 0.717) is 0 Å². The predicted molar refractivity (Wildman–Crippen MR) is 9.21 cm³/mol. The molecule has 6 heteroatoms. The Morgan fingerprint density at radius 3 is 1.67 bits per heavy atom. The summed E-state index contributed by atoms with van der Waals surface area (Å²) in [5.41, 5.74) is 0. The van der Waals surface area contributed by atoms with E-state index in [-0.39, 0.29) is 0 Å². The second-order valence-electron chi connectivity index (χ2n) is 0.192. The summed E-state index contributed by atoms with van der Waals surface area (Å²) in [6, 6.07) is 0. The first kappa shape index (κ1) is 9.83. The molecule has 0 amide bonds. The van der Waals surface area contributed by atoms with Gasteiger partial charge in [0.05, 0.1) is 0 Å². The van der Waals surface area contributed by atoms with Gasteiger partial charge in [0, 0.05) is 0 Å². The van der Waals surface area contributed by atoms with Crippen LogP contribution in [0.4, 0.5) is 0 Å². The monoisotopic (exact) mass is 185 g/mol. The van der Waals surface area contributed by atoms with E-state index in [4.69, 9.17) is 12.1 Å². The average molecular weight is 185 g/mol. The zero-order valence-corrected chi connectivity index (χ0v) is 6.10. The SMILES string of the molecule is O=[SiH][Cr]=[O].[O]=[Fe]. The summed E-state index contributed by atoms with van der Waals surface area (Å²) < 4.78 is 26.2. The third-order valence-electron chi connectivity index (χ3n) is 0.0393. The van der Waals surface area contributed by atoms with Gasteiger partial charge in [-0.1, -0.05) is 0 Å². The van der Waals surface area contributed by atoms with E-state index in [0.717, 1.165) is 0 Å². The summed E-state index contributed by atoms with van der Waals surface area (Å²) >= 11 is 1.19. The second kappa shape index (κ2) is 17.3. The molecule has 0 saturated heterocycles. The van der Waals surface area contributed by atoms with Gasteiger partial charge < -0.3 is 0 Å². The van der Waals surface area contributed by atoms with Crippen LogP contribution in [0, 0.1) is 0 Å². The van der Waals surface area contributed by atoms with Gasteiger partial charge >= 0.3 is 50.5 Å². The van der Waals surface area contributed by atoms with Crippen LogP contribution in [0.15, 0.2) is 0 Å². The molecule has 3 nitrogen and oxygen atoms in total. The molecule has 0 unspecified atom stereocenters. The van der Waals surface area contributed by atoms with Crippen molar-refractivity contribution in [2.45, 2.75) is 0 Å². The Bertz CT molecular complexity index is 40.1. The molecule has 0 aliphatic heterocycles. The van der Waals surface area contributed by atoms with Crippen LogP contribution in [0.3, 0.4) is 0 Å². The number of hydrogen-bond acceptors (Lipinski definition) is 3. The van der Waals surface area contributed by atoms with Gasteiger partial charge in [-0.3, -0.25) is 0 Å². The van der Waals surface area contributed by atoms with Crippen molar-refractivity contribution in [2.75, 3.05) is 0 Å². The Hall–Kier alpha value is 0.669. The van der Waals surface area contributed by atoms with Gasteiger partial charge in [-0.2, -0.15) is 0 Å². The zero-order valence-electron chi connectivity index (χ0n) is 2.56. The van der Waals surface area contributed by atoms with E-state index in [1.165, 1.54) is 0 Å². The molecule has 0 aromatic rings. The molecule has 0 radical (unpaired) electrons. The third-order valence-corrected chi connectivity index (χ3v) is 0.486. The minimum absolute atomic E-state index is 0.806. The molecule has 37 valence electrons. The number of hydrogen-bond donors (Lipinski definition) is 0. The van der Waals surface area contributed by atoms with Crippen molar-refractivity contribution >= 4 is 7.97 Å². The van der Waals surface area contributed by atoms with E-state index in [2.05, 4.69) is 0 Å². The van der Waals surface area contributed by atoms with Crippen LogP contribution < -0.4 is 0 Å². The first-order valence-electron chi connectivity index (χ1n) is 0.782. The molecule has 0 bridgehead atoms. The summed E-state index contributed by atoms with van der Waals surface area (Å²) in [4.78, 5) is 0. The van der Waals surface area contributed by atoms with Crippen LogP contribution in [0.5, 0.6) is 0 Å². The third kappa shape index (κ3) is 22.6. The molecule has 0 heterocycles. The number of rotatable bonds is 1. The molecule has 0 spiro atoms. The van der Waals surface area contributed by atoms with Crippen molar-refractivity contribution in [3.8, 4) is 0 Å². The molecule has 0 fully saturated rings. The fourth-order valence-electron chi connectivity index (χ4n) is 0. The molecule has 0 aromatic heterocycles. The molecule has 0 aliphatic carbocycles. The molecule has 0 N–H and O–H groups in total. The van der Waals surface area contributed by atoms with E-state index >= 15 is 0 Å². The normalized spacial score (nSPS) is 4.17. The van der Waals surface area contributed by atoms with Crippen molar-refractivity contribution in [2.24, 2.45) is 0 Å². The predicted octanol–water partition coefficient (Wildman–Crippen LogP) is -1.01. The molecule has 0 atom stereocenters. The van der Waals surface area contributed by atoms with Gasteiger partial charge in [-0.05, 0) is 0 Å². The zero-order chi connectivity index (χ0) is 5.41. The van der Waals surface area contributed by atoms with E-state index in [1.807, 2.05) is 15.9 Å². The molecule has 0 rings (SSSR count). The summed E-state index contributed by atoms with van der Waals surface area (Å²) in [6.45, 7) is 0. The average Bonchev–Trinajstić information content (AvgIpc) is 1.72. The van der Waals surface area contributed by atoms with Crippen molar-refractivity contribution in [1.82, 2.24) is 0 Å². The second-order valence-corrected chi connectivity index (χ2v) is 2.38. The van der Waals surface area contributed by atoms with Gasteiger partial charge in [0.15, 0.2) is 0 Å². The maximum atomic E-state index is 9.10. The molecule has 0 aromatic carbocycles. The van der Waals surface area contributed by atoms with Crippen molar-refractivity contribution in [3.63, 3.8) is 0 Å². The summed E-state index contributed by atoms with van der Waals surface area (Å²) in [7, 11) is -0.961. The van der Waals surface area contributed by atoms with Gasteiger partial charge in [-0.25, -0.2) is 0 Å². The molecule has 6 heavy (non-hydrogen) atoms. The molecule has 0 aliphatic rings. The van der Waals surface area contributed by atoms with Crippen molar-refractivity contribution in [3.05, 3.63) is 0 Å². The van der Waals surface area contributed by atoms with E-state index in [9.17, 15) is 0 Å². The minimum atomic E-state index is -0.961. The molecular formula is HCrFeO3Si. The van der Waals surface area contributed by atoms with Crippen molar-refractivity contribution in [1.29, 1.82) is 0 Å². The fourth-order valence-corrected chi connectivity index (χ4v) is 0. The van der Waals surface area contributed by atoms with Crippen LogP contribution in [-0.4, -0.2) is 7.97 Å². The van der Waals surface area contributed by atoms with E-state index < -0.39 is 22.5 Å². The van der Waals surface area contributed by atoms with Crippen LogP contribution >= 0.6 is 0 Å². The fraction of sp³-hybridized carbons (Fsp3) is 0. The first-order valence-corrected chi connectivity index (χ1v) is 4.90. The van der Waals surface area contributed by atoms with Gasteiger partial charge in [-0.15, -0.1) is 0 Å². The van der Waals surface area contributed by atoms with Gasteiger partial charge in [0.2, 0.25) is 0 Å². The van der Waals surface area contributed by atoms with Crippen LogP contribution in [0.2, 0.25) is 0 Å². The summed E-state index contributed by atoms with van der Waals surface area (Å²) in [5.74, 6) is 0. The van der Waals surface area contributed by atoms with Crippen molar-refractivity contribution < 1.29 is 42.6 Å². The maximum absolute atomic E-state index is 9.10. The Morgan fingerprint density at radius 2 is 1.67 bits per heavy atom. The van der Waals surface area contributed by atoms with Crippen LogP contribution in [-0.2, 0) is 42.6 Å². The topological polar surface area (TPSA) is 51.2 Å². The molecular weight excluding hydrogens is 184 g/mol. The quantitative estimate of drug-likeness (QED) is 0.491. The van der Waals surface area contributed by atoms with Crippen LogP contribution in [0.25, 0.3) is 0 Å². The van der Waals surface area contributed by atoms with Gasteiger partial charge in [0.1, 0.15) is 0 Å². The molecule has 0 saturated carbocycles. The summed E-state index contributed by atoms with van der Waals surface area (Å²) in [5, 5.41) is 0. The Labute approximate surface area is 50.7 Å². The standard InChI is InChI=1S/Cr.Fe.HOSi.2O/c;;1-2;;/h;;2H;;. The van der Waals surface area contributed by atoms with E-state index in [1.54, 1.807) is 0 Å². The Kier molecular flexibility index (Phi) is 28.4.